The van der Waals surface area contributed by atoms with Crippen LogP contribution in [-0.4, -0.2) is 66.2 Å². The molecule has 0 amide bonds. The Labute approximate surface area is 166 Å². The van der Waals surface area contributed by atoms with Crippen molar-refractivity contribution in [2.45, 2.75) is 25.9 Å². The second kappa shape index (κ2) is 10.2. The number of hydrogen-bond acceptors (Lipinski definition) is 6. The van der Waals surface area contributed by atoms with Crippen molar-refractivity contribution in [3.8, 4) is 5.75 Å². The van der Waals surface area contributed by atoms with Gasteiger partial charge in [0.1, 0.15) is 30.1 Å². The first kappa shape index (κ1) is 20.3. The average molecular weight is 383 g/mol. The number of benzene rings is 1. The summed E-state index contributed by atoms with van der Waals surface area (Å²) in [6.45, 7) is 6.10. The van der Waals surface area contributed by atoms with Crippen LogP contribution in [0, 0.1) is 0 Å². The number of pyridine rings is 1. The van der Waals surface area contributed by atoms with Gasteiger partial charge >= 0.3 is 0 Å². The maximum atomic E-state index is 11.1. The van der Waals surface area contributed by atoms with Gasteiger partial charge in [-0.1, -0.05) is 18.2 Å². The standard InChI is InChI=1S/C22H29N3O3/c1-18(26)5-6-19-7-9-21(10-8-19)28-17-20(27)16-24-12-14-25(15-13-24)22-4-2-3-11-23-22/h2-4,7-11,20,27H,5-6,12-17H2,1H3. The van der Waals surface area contributed by atoms with Gasteiger partial charge in [-0.05, 0) is 43.2 Å². The van der Waals surface area contributed by atoms with Gasteiger partial charge in [-0.3, -0.25) is 4.90 Å². The molecule has 1 atom stereocenters. The van der Waals surface area contributed by atoms with E-state index in [1.54, 1.807) is 6.92 Å². The quantitative estimate of drug-likeness (QED) is 0.716. The van der Waals surface area contributed by atoms with Crippen LogP contribution in [0.1, 0.15) is 18.9 Å². The molecule has 0 saturated carbocycles. The van der Waals surface area contributed by atoms with E-state index in [9.17, 15) is 9.90 Å². The minimum atomic E-state index is -0.529. The van der Waals surface area contributed by atoms with Gasteiger partial charge in [0.15, 0.2) is 0 Å². The molecule has 6 nitrogen and oxygen atoms in total. The number of aliphatic hydroxyl groups is 1. The maximum absolute atomic E-state index is 11.1. The summed E-state index contributed by atoms with van der Waals surface area (Å²) >= 11 is 0. The van der Waals surface area contributed by atoms with Gasteiger partial charge < -0.3 is 19.5 Å². The summed E-state index contributed by atoms with van der Waals surface area (Å²) in [5.41, 5.74) is 1.12. The van der Waals surface area contributed by atoms with Crippen LogP contribution in [0.4, 0.5) is 5.82 Å². The van der Waals surface area contributed by atoms with E-state index in [1.165, 1.54) is 0 Å². The number of Topliss-reactive ketones (excluding diaryl/α,β-unsaturated/α-hetero) is 1. The zero-order valence-corrected chi connectivity index (χ0v) is 16.5. The van der Waals surface area contributed by atoms with E-state index in [0.29, 0.717) is 13.0 Å². The molecule has 6 heteroatoms. The molecule has 3 rings (SSSR count). The number of aliphatic hydroxyl groups excluding tert-OH is 1. The van der Waals surface area contributed by atoms with Crippen molar-refractivity contribution >= 4 is 11.6 Å². The third-order valence-electron chi connectivity index (χ3n) is 4.95. The highest BCUT2D eigenvalue weighted by Crippen LogP contribution is 2.15. The lowest BCUT2D eigenvalue weighted by Crippen LogP contribution is -2.49. The van der Waals surface area contributed by atoms with Crippen LogP contribution in [-0.2, 0) is 11.2 Å². The van der Waals surface area contributed by atoms with E-state index < -0.39 is 6.10 Å². The number of hydrogen-bond donors (Lipinski definition) is 1. The molecule has 1 saturated heterocycles. The van der Waals surface area contributed by atoms with Crippen molar-refractivity contribution in [3.63, 3.8) is 0 Å². The fraction of sp³-hybridized carbons (Fsp3) is 0.455. The smallest absolute Gasteiger partial charge is 0.130 e. The number of nitrogens with zero attached hydrogens (tertiary/aromatic N) is 3. The Morgan fingerprint density at radius 3 is 2.54 bits per heavy atom. The topological polar surface area (TPSA) is 65.9 Å². The van der Waals surface area contributed by atoms with Gasteiger partial charge in [-0.15, -0.1) is 0 Å². The molecule has 150 valence electrons. The Morgan fingerprint density at radius 2 is 1.89 bits per heavy atom. The fourth-order valence-electron chi connectivity index (χ4n) is 3.32. The molecule has 1 aliphatic heterocycles. The molecule has 2 aromatic rings. The molecule has 0 radical (unpaired) electrons. The van der Waals surface area contributed by atoms with Crippen molar-refractivity contribution in [1.29, 1.82) is 0 Å². The summed E-state index contributed by atoms with van der Waals surface area (Å²) in [5.74, 6) is 1.95. The number of carbonyl (C=O) groups is 1. The predicted octanol–water partition coefficient (Wildman–Crippen LogP) is 2.17. The molecule has 0 bridgehead atoms. The van der Waals surface area contributed by atoms with Crippen molar-refractivity contribution in [2.75, 3.05) is 44.2 Å². The zero-order valence-electron chi connectivity index (χ0n) is 16.5. The number of piperazine rings is 1. The minimum Gasteiger partial charge on any atom is -0.491 e. The van der Waals surface area contributed by atoms with E-state index in [0.717, 1.165) is 49.7 Å². The maximum Gasteiger partial charge on any atom is 0.130 e. The number of ketones is 1. The van der Waals surface area contributed by atoms with Crippen LogP contribution in [0.25, 0.3) is 0 Å². The molecule has 1 fully saturated rings. The predicted molar refractivity (Wildman–Crippen MR) is 110 cm³/mol. The number of rotatable bonds is 9. The van der Waals surface area contributed by atoms with E-state index >= 15 is 0 Å². The van der Waals surface area contributed by atoms with E-state index in [2.05, 4.69) is 14.8 Å². The molecular formula is C22H29N3O3. The van der Waals surface area contributed by atoms with Crippen LogP contribution in [0.15, 0.2) is 48.7 Å². The number of aryl methyl sites for hydroxylation is 1. The second-order valence-corrected chi connectivity index (χ2v) is 7.29. The van der Waals surface area contributed by atoms with E-state index in [1.807, 2.05) is 48.7 Å². The first-order chi connectivity index (χ1) is 13.6. The lowest BCUT2D eigenvalue weighted by atomic mass is 10.1. The molecule has 2 heterocycles. The van der Waals surface area contributed by atoms with E-state index in [4.69, 9.17) is 4.74 Å². The molecule has 1 unspecified atom stereocenters. The van der Waals surface area contributed by atoms with Gasteiger partial charge in [-0.25, -0.2) is 4.98 Å². The number of carbonyl (C=O) groups excluding carboxylic acids is 1. The van der Waals surface area contributed by atoms with Gasteiger partial charge in [-0.2, -0.15) is 0 Å². The Balaban J connectivity index is 1.37. The molecule has 1 aromatic heterocycles. The summed E-state index contributed by atoms with van der Waals surface area (Å²) in [6.07, 6.45) is 2.60. The molecule has 0 spiro atoms. The molecular weight excluding hydrogens is 354 g/mol. The van der Waals surface area contributed by atoms with Gasteiger partial charge in [0.05, 0.1) is 0 Å². The van der Waals surface area contributed by atoms with Crippen molar-refractivity contribution in [2.24, 2.45) is 0 Å². The third kappa shape index (κ3) is 6.32. The molecule has 28 heavy (non-hydrogen) atoms. The van der Waals surface area contributed by atoms with Gasteiger partial charge in [0.25, 0.3) is 0 Å². The number of anilines is 1. The molecule has 1 N–H and O–H groups in total. The SMILES string of the molecule is CC(=O)CCc1ccc(OCC(O)CN2CCN(c3ccccn3)CC2)cc1. The zero-order chi connectivity index (χ0) is 19.8. The van der Waals surface area contributed by atoms with Gasteiger partial charge in [0.2, 0.25) is 0 Å². The second-order valence-electron chi connectivity index (χ2n) is 7.29. The van der Waals surface area contributed by atoms with E-state index in [-0.39, 0.29) is 12.4 Å². The fourth-order valence-corrected chi connectivity index (χ4v) is 3.32. The van der Waals surface area contributed by atoms with Gasteiger partial charge in [0, 0.05) is 45.3 Å². The van der Waals surface area contributed by atoms with Crippen molar-refractivity contribution in [3.05, 3.63) is 54.2 Å². The summed E-state index contributed by atoms with van der Waals surface area (Å²) in [4.78, 5) is 20.0. The first-order valence-corrected chi connectivity index (χ1v) is 9.88. The highest BCUT2D eigenvalue weighted by Gasteiger charge is 2.20. The molecule has 1 aromatic carbocycles. The Kier molecular flexibility index (Phi) is 7.39. The van der Waals surface area contributed by atoms with Crippen LogP contribution in [0.2, 0.25) is 0 Å². The lowest BCUT2D eigenvalue weighted by Gasteiger charge is -2.36. The Hall–Kier alpha value is -2.44. The largest absolute Gasteiger partial charge is 0.491 e. The summed E-state index contributed by atoms with van der Waals surface area (Å²) < 4.78 is 5.72. The average Bonchev–Trinajstić information content (AvgIpc) is 2.73. The van der Waals surface area contributed by atoms with Crippen molar-refractivity contribution < 1.29 is 14.6 Å². The monoisotopic (exact) mass is 383 g/mol. The highest BCUT2D eigenvalue weighted by atomic mass is 16.5. The molecule has 1 aliphatic rings. The number of ether oxygens (including phenoxy) is 1. The van der Waals surface area contributed by atoms with Crippen LogP contribution < -0.4 is 9.64 Å². The third-order valence-corrected chi connectivity index (χ3v) is 4.95. The van der Waals surface area contributed by atoms with Crippen LogP contribution in [0.3, 0.4) is 0 Å². The normalized spacial score (nSPS) is 16.0. The highest BCUT2D eigenvalue weighted by molar-refractivity contribution is 5.75. The summed E-state index contributed by atoms with van der Waals surface area (Å²) in [6, 6.07) is 13.7. The first-order valence-electron chi connectivity index (χ1n) is 9.88. The lowest BCUT2D eigenvalue weighted by molar-refractivity contribution is -0.116. The van der Waals surface area contributed by atoms with Crippen LogP contribution in [0.5, 0.6) is 5.75 Å². The van der Waals surface area contributed by atoms with Crippen LogP contribution >= 0.6 is 0 Å². The Bertz CT molecular complexity index is 728. The molecule has 0 aliphatic carbocycles. The number of aromatic nitrogens is 1. The van der Waals surface area contributed by atoms with Crippen molar-refractivity contribution in [1.82, 2.24) is 9.88 Å². The summed E-state index contributed by atoms with van der Waals surface area (Å²) in [7, 11) is 0. The summed E-state index contributed by atoms with van der Waals surface area (Å²) in [5, 5.41) is 10.3. The number of β-amino-alcohol motifs (C(OH)–C–C–N with tert-alkyl or cyclic N) is 1. The Morgan fingerprint density at radius 1 is 1.14 bits per heavy atom. The minimum absolute atomic E-state index is 0.198.